The molecule has 0 radical (unpaired) electrons. The fraction of sp³-hybridized carbons (Fsp3) is 0.286. The third-order valence-corrected chi connectivity index (χ3v) is 1.94. The highest BCUT2D eigenvalue weighted by Crippen LogP contribution is 2.28. The lowest BCUT2D eigenvalue weighted by Crippen LogP contribution is -2.43. The number of hydrogen-bond acceptors (Lipinski definition) is 3. The first kappa shape index (κ1) is 11.7. The smallest absolute Gasteiger partial charge is 0.289 e. The Morgan fingerprint density at radius 1 is 1.57 bits per heavy atom. The lowest BCUT2D eigenvalue weighted by Gasteiger charge is -2.19. The zero-order valence-electron chi connectivity index (χ0n) is 6.71. The number of rotatable bonds is 2. The molecule has 1 atom stereocenters. The number of hydrogen-bond donors (Lipinski definition) is 2. The minimum Gasteiger partial charge on any atom is -0.459 e. The molecule has 1 unspecified atom stereocenters. The zero-order valence-corrected chi connectivity index (χ0v) is 8.97. The Morgan fingerprint density at radius 3 is 2.64 bits per heavy atom. The van der Waals surface area contributed by atoms with Gasteiger partial charge in [-0.05, 0) is 12.1 Å². The predicted molar refractivity (Wildman–Crippen MR) is 52.5 cm³/mol. The van der Waals surface area contributed by atoms with E-state index in [2.05, 4.69) is 0 Å². The molecule has 2 N–H and O–H groups in total. The maximum atomic E-state index is 11.2. The molecule has 0 aliphatic carbocycles. The van der Waals surface area contributed by atoms with E-state index >= 15 is 0 Å². The average Bonchev–Trinajstić information content (AvgIpc) is 2.53. The highest BCUT2D eigenvalue weighted by atomic mass is 35.6. The summed E-state index contributed by atoms with van der Waals surface area (Å²) in [6.07, 6.45) is -0.276. The van der Waals surface area contributed by atoms with Crippen molar-refractivity contribution in [2.45, 2.75) is 10.0 Å². The van der Waals surface area contributed by atoms with Crippen LogP contribution in [0.2, 0.25) is 0 Å². The molecule has 0 aromatic carbocycles. The van der Waals surface area contributed by atoms with E-state index in [0.717, 1.165) is 0 Å². The van der Waals surface area contributed by atoms with Crippen molar-refractivity contribution in [3.63, 3.8) is 0 Å². The molecule has 14 heavy (non-hydrogen) atoms. The number of carbonyl (C=O) groups is 1. The number of alkyl halides is 3. The molecule has 4 nitrogen and oxygen atoms in total. The van der Waals surface area contributed by atoms with Gasteiger partial charge in [0.25, 0.3) is 5.91 Å². The van der Waals surface area contributed by atoms with E-state index < -0.39 is 15.9 Å². The highest BCUT2D eigenvalue weighted by Gasteiger charge is 2.32. The number of aliphatic hydroxyl groups is 1. The van der Waals surface area contributed by atoms with Gasteiger partial charge in [-0.2, -0.15) is 0 Å². The highest BCUT2D eigenvalue weighted by molar-refractivity contribution is 6.68. The topological polar surface area (TPSA) is 62.5 Å². The maximum Gasteiger partial charge on any atom is 0.289 e. The molecule has 0 aliphatic heterocycles. The van der Waals surface area contributed by atoms with Crippen molar-refractivity contribution in [3.05, 3.63) is 24.2 Å². The van der Waals surface area contributed by atoms with Crippen LogP contribution in [0.25, 0.3) is 0 Å². The summed E-state index contributed by atoms with van der Waals surface area (Å²) >= 11 is 16.0. The lowest BCUT2D eigenvalue weighted by molar-refractivity contribution is 0.0764. The van der Waals surface area contributed by atoms with Gasteiger partial charge in [0, 0.05) is 0 Å². The third kappa shape index (κ3) is 3.06. The van der Waals surface area contributed by atoms with Crippen LogP contribution >= 0.6 is 34.8 Å². The van der Waals surface area contributed by atoms with Gasteiger partial charge in [0.2, 0.25) is 3.79 Å². The van der Waals surface area contributed by atoms with Crippen LogP contribution in [-0.4, -0.2) is 21.0 Å². The minimum atomic E-state index is -1.97. The van der Waals surface area contributed by atoms with Crippen LogP contribution in [0.1, 0.15) is 10.6 Å². The van der Waals surface area contributed by atoms with E-state index in [1.807, 2.05) is 5.32 Å². The second kappa shape index (κ2) is 4.40. The van der Waals surface area contributed by atoms with Crippen LogP contribution in [0.5, 0.6) is 0 Å². The largest absolute Gasteiger partial charge is 0.459 e. The predicted octanol–water partition coefficient (Wildman–Crippen LogP) is 1.70. The second-order valence-electron chi connectivity index (χ2n) is 2.39. The zero-order chi connectivity index (χ0) is 10.8. The molecule has 0 spiro atoms. The Kier molecular flexibility index (Phi) is 3.66. The molecule has 1 amide bonds. The Bertz CT molecular complexity index is 306. The van der Waals surface area contributed by atoms with Gasteiger partial charge in [-0.1, -0.05) is 34.8 Å². The van der Waals surface area contributed by atoms with Crippen molar-refractivity contribution in [3.8, 4) is 0 Å². The van der Waals surface area contributed by atoms with Crippen LogP contribution in [0.4, 0.5) is 0 Å². The van der Waals surface area contributed by atoms with Crippen LogP contribution in [-0.2, 0) is 0 Å². The van der Waals surface area contributed by atoms with Crippen molar-refractivity contribution in [1.82, 2.24) is 5.32 Å². The van der Waals surface area contributed by atoms with Gasteiger partial charge in [-0.25, -0.2) is 0 Å². The molecule has 1 aromatic heterocycles. The first-order valence-corrected chi connectivity index (χ1v) is 4.64. The van der Waals surface area contributed by atoms with E-state index in [9.17, 15) is 9.90 Å². The van der Waals surface area contributed by atoms with Gasteiger partial charge in [-0.3, -0.25) is 4.79 Å². The van der Waals surface area contributed by atoms with Gasteiger partial charge >= 0.3 is 0 Å². The fourth-order valence-electron chi connectivity index (χ4n) is 0.685. The Balaban J connectivity index is 2.58. The summed E-state index contributed by atoms with van der Waals surface area (Å²) < 4.78 is 2.79. The van der Waals surface area contributed by atoms with Crippen LogP contribution in [0, 0.1) is 0 Å². The standard InChI is InChI=1S/C7H6Cl3NO3/c8-7(9,10)6(13)11-5(12)4-2-1-3-14-4/h1-3,6,13H,(H,11,12). The van der Waals surface area contributed by atoms with Gasteiger partial charge < -0.3 is 14.8 Å². The Hall–Kier alpha value is -0.420. The van der Waals surface area contributed by atoms with Crippen LogP contribution in [0.15, 0.2) is 22.8 Å². The summed E-state index contributed by atoms with van der Waals surface area (Å²) in [5.74, 6) is -0.632. The molecule has 1 heterocycles. The third-order valence-electron chi connectivity index (χ3n) is 1.32. The Labute approximate surface area is 94.7 Å². The van der Waals surface area contributed by atoms with Crippen molar-refractivity contribution >= 4 is 40.7 Å². The molecule has 0 bridgehead atoms. The van der Waals surface area contributed by atoms with E-state index in [4.69, 9.17) is 39.2 Å². The molecule has 1 aromatic rings. The summed E-state index contributed by atoms with van der Waals surface area (Å²) in [5.41, 5.74) is 0. The first-order valence-electron chi connectivity index (χ1n) is 3.50. The Morgan fingerprint density at radius 2 is 2.21 bits per heavy atom. The molecule has 0 saturated carbocycles. The van der Waals surface area contributed by atoms with Gasteiger partial charge in [0.1, 0.15) is 0 Å². The number of carbonyl (C=O) groups excluding carboxylic acids is 1. The number of aliphatic hydroxyl groups excluding tert-OH is 1. The van der Waals surface area contributed by atoms with Crippen LogP contribution < -0.4 is 5.32 Å². The van der Waals surface area contributed by atoms with Gasteiger partial charge in [-0.15, -0.1) is 0 Å². The number of amides is 1. The normalized spacial score (nSPS) is 13.7. The summed E-state index contributed by atoms with van der Waals surface area (Å²) in [5, 5.41) is 11.2. The SMILES string of the molecule is O=C(NC(O)C(Cl)(Cl)Cl)c1ccco1. The van der Waals surface area contributed by atoms with Crippen molar-refractivity contribution in [2.75, 3.05) is 0 Å². The molecule has 7 heteroatoms. The van der Waals surface area contributed by atoms with E-state index in [1.54, 1.807) is 0 Å². The number of furan rings is 1. The van der Waals surface area contributed by atoms with Gasteiger partial charge in [0.05, 0.1) is 6.26 Å². The minimum absolute atomic E-state index is 0.0262. The first-order chi connectivity index (χ1) is 6.41. The molecule has 78 valence electrons. The second-order valence-corrected chi connectivity index (χ2v) is 4.76. The molecule has 0 fully saturated rings. The quantitative estimate of drug-likeness (QED) is 0.627. The van der Waals surface area contributed by atoms with Gasteiger partial charge in [0.15, 0.2) is 12.0 Å². The summed E-state index contributed by atoms with van der Waals surface area (Å²) in [4.78, 5) is 11.2. The summed E-state index contributed by atoms with van der Waals surface area (Å²) in [6, 6.07) is 2.94. The average molecular weight is 258 g/mol. The lowest BCUT2D eigenvalue weighted by atomic mass is 10.4. The molecular formula is C7H6Cl3NO3. The van der Waals surface area contributed by atoms with E-state index in [1.165, 1.54) is 18.4 Å². The molecular weight excluding hydrogens is 252 g/mol. The number of halogens is 3. The van der Waals surface area contributed by atoms with E-state index in [0.29, 0.717) is 0 Å². The maximum absolute atomic E-state index is 11.2. The summed E-state index contributed by atoms with van der Waals surface area (Å²) in [7, 11) is 0. The summed E-state index contributed by atoms with van der Waals surface area (Å²) in [6.45, 7) is 0. The van der Waals surface area contributed by atoms with Crippen LogP contribution in [0.3, 0.4) is 0 Å². The monoisotopic (exact) mass is 257 g/mol. The van der Waals surface area contributed by atoms with E-state index in [-0.39, 0.29) is 5.76 Å². The molecule has 0 aliphatic rings. The van der Waals surface area contributed by atoms with Crippen molar-refractivity contribution < 1.29 is 14.3 Å². The molecule has 0 saturated heterocycles. The number of nitrogens with one attached hydrogen (secondary N) is 1. The van der Waals surface area contributed by atoms with Crippen molar-refractivity contribution in [1.29, 1.82) is 0 Å². The van der Waals surface area contributed by atoms with Crippen molar-refractivity contribution in [2.24, 2.45) is 0 Å². The molecule has 1 rings (SSSR count). The fourth-order valence-corrected chi connectivity index (χ4v) is 0.849.